The van der Waals surface area contributed by atoms with Gasteiger partial charge in [0.1, 0.15) is 5.78 Å². The molecule has 0 aromatic carbocycles. The molecule has 3 nitrogen and oxygen atoms in total. The minimum Gasteiger partial charge on any atom is -0.314 e. The molecule has 1 aliphatic heterocycles. The van der Waals surface area contributed by atoms with E-state index in [4.69, 9.17) is 0 Å². The summed E-state index contributed by atoms with van der Waals surface area (Å²) in [6, 6.07) is 0.357. The van der Waals surface area contributed by atoms with Crippen molar-refractivity contribution >= 4 is 21.2 Å². The molecule has 0 radical (unpaired) electrons. The number of rotatable bonds is 4. The Bertz CT molecular complexity index is 416. The molecule has 1 rings (SSSR count). The topological polar surface area (TPSA) is 46.2 Å². The van der Waals surface area contributed by atoms with Crippen LogP contribution >= 0.6 is 0 Å². The summed E-state index contributed by atoms with van der Waals surface area (Å²) < 4.78 is 12.1. The molecule has 0 bridgehead atoms. The van der Waals surface area contributed by atoms with Crippen molar-refractivity contribution in [2.75, 3.05) is 18.1 Å². The van der Waals surface area contributed by atoms with Crippen LogP contribution in [-0.2, 0) is 14.3 Å². The largest absolute Gasteiger partial charge is 0.314 e. The smallest absolute Gasteiger partial charge is 0.145 e. The van der Waals surface area contributed by atoms with Crippen LogP contribution in [0.2, 0.25) is 0 Å². The first-order valence-electron chi connectivity index (χ1n) is 7.09. The highest BCUT2D eigenvalue weighted by atomic mass is 32.2. The Kier molecular flexibility index (Phi) is 4.89. The van der Waals surface area contributed by atoms with Crippen LogP contribution in [0.15, 0.2) is 0 Å². The number of nitrogens with one attached hydrogen (secondary N) is 1. The second-order valence-corrected chi connectivity index (χ2v) is 10.0. The molecule has 1 aliphatic rings. The van der Waals surface area contributed by atoms with Gasteiger partial charge in [0.05, 0.1) is 0 Å². The SMILES string of the molecule is C=S1(=O)CCC(CNC(C)C)(C(=O)C(C)(C)C)CC1. The van der Waals surface area contributed by atoms with E-state index in [2.05, 4.69) is 25.0 Å². The zero-order valence-corrected chi connectivity index (χ0v) is 13.9. The average molecular weight is 287 g/mol. The number of ketones is 1. The Labute approximate surface area is 118 Å². The van der Waals surface area contributed by atoms with Gasteiger partial charge in [0.15, 0.2) is 0 Å². The molecule has 1 fully saturated rings. The summed E-state index contributed by atoms with van der Waals surface area (Å²) in [5, 5.41) is 3.40. The molecule has 19 heavy (non-hydrogen) atoms. The van der Waals surface area contributed by atoms with Crippen molar-refractivity contribution in [3.05, 3.63) is 0 Å². The molecule has 4 heteroatoms. The van der Waals surface area contributed by atoms with Gasteiger partial charge < -0.3 is 5.32 Å². The minimum atomic E-state index is -1.95. The van der Waals surface area contributed by atoms with Gasteiger partial charge >= 0.3 is 0 Å². The highest BCUT2D eigenvalue weighted by Gasteiger charge is 2.45. The summed E-state index contributed by atoms with van der Waals surface area (Å²) >= 11 is 0. The van der Waals surface area contributed by atoms with Crippen LogP contribution in [0.3, 0.4) is 0 Å². The molecule has 0 amide bonds. The summed E-state index contributed by atoms with van der Waals surface area (Å²) in [6.07, 6.45) is 1.40. The number of Topliss-reactive ketones (excluding diaryl/α,β-unsaturated/α-hetero) is 1. The fraction of sp³-hybridized carbons (Fsp3) is 0.867. The Balaban J connectivity index is 2.96. The van der Waals surface area contributed by atoms with Crippen LogP contribution in [-0.4, -0.2) is 40.0 Å². The van der Waals surface area contributed by atoms with E-state index in [0.717, 1.165) is 0 Å². The number of carbonyl (C=O) groups excluding carboxylic acids is 1. The molecule has 0 spiro atoms. The molecule has 0 saturated carbocycles. The first kappa shape index (κ1) is 16.7. The van der Waals surface area contributed by atoms with Gasteiger partial charge in [0.2, 0.25) is 0 Å². The third-order valence-electron chi connectivity index (χ3n) is 3.92. The first-order chi connectivity index (χ1) is 8.49. The van der Waals surface area contributed by atoms with Gasteiger partial charge in [-0.05, 0) is 28.2 Å². The minimum absolute atomic E-state index is 0.294. The van der Waals surface area contributed by atoms with E-state index >= 15 is 0 Å². The first-order valence-corrected chi connectivity index (χ1v) is 9.16. The quantitative estimate of drug-likeness (QED) is 0.806. The third-order valence-corrected chi connectivity index (χ3v) is 5.81. The molecule has 0 aromatic rings. The molecule has 1 heterocycles. The maximum atomic E-state index is 12.8. The standard InChI is InChI=1S/C15H29NO2S/c1-12(2)16-11-15(13(17)14(3,4)5)7-9-19(6,18)10-8-15/h12,16H,6-11H2,1-5H3. The highest BCUT2D eigenvalue weighted by Crippen LogP contribution is 2.39. The molecule has 1 saturated heterocycles. The molecule has 0 atom stereocenters. The maximum absolute atomic E-state index is 12.8. The fourth-order valence-electron chi connectivity index (χ4n) is 2.67. The second-order valence-electron chi connectivity index (χ2n) is 7.27. The van der Waals surface area contributed by atoms with Crippen LogP contribution in [0.5, 0.6) is 0 Å². The summed E-state index contributed by atoms with van der Waals surface area (Å²) in [5.41, 5.74) is -0.709. The molecule has 1 N–H and O–H groups in total. The summed E-state index contributed by atoms with van der Waals surface area (Å²) in [5.74, 6) is 5.26. The van der Waals surface area contributed by atoms with Gasteiger partial charge in [-0.25, -0.2) is 0 Å². The molecular formula is C15H29NO2S. The van der Waals surface area contributed by atoms with Gasteiger partial charge in [0.25, 0.3) is 0 Å². The van der Waals surface area contributed by atoms with Crippen molar-refractivity contribution in [2.45, 2.75) is 53.5 Å². The van der Waals surface area contributed by atoms with E-state index in [1.165, 1.54) is 0 Å². The lowest BCUT2D eigenvalue weighted by molar-refractivity contribution is -0.137. The molecular weight excluding hydrogens is 258 g/mol. The van der Waals surface area contributed by atoms with Gasteiger partial charge in [-0.15, -0.1) is 0 Å². The fourth-order valence-corrected chi connectivity index (χ4v) is 4.40. The predicted octanol–water partition coefficient (Wildman–Crippen LogP) is 2.10. The van der Waals surface area contributed by atoms with Crippen molar-refractivity contribution in [3.8, 4) is 0 Å². The Morgan fingerprint density at radius 3 is 2.16 bits per heavy atom. The average Bonchev–Trinajstić information content (AvgIpc) is 2.26. The summed E-state index contributed by atoms with van der Waals surface area (Å²) in [7, 11) is -1.95. The van der Waals surface area contributed by atoms with Crippen molar-refractivity contribution in [2.24, 2.45) is 10.8 Å². The number of hydrogen-bond acceptors (Lipinski definition) is 3. The van der Waals surface area contributed by atoms with E-state index in [1.807, 2.05) is 20.8 Å². The lowest BCUT2D eigenvalue weighted by Crippen LogP contribution is -2.51. The lowest BCUT2D eigenvalue weighted by Gasteiger charge is -2.41. The van der Waals surface area contributed by atoms with E-state index in [-0.39, 0.29) is 10.8 Å². The summed E-state index contributed by atoms with van der Waals surface area (Å²) in [6.45, 7) is 10.8. The van der Waals surface area contributed by atoms with Crippen molar-refractivity contribution in [1.82, 2.24) is 5.32 Å². The highest BCUT2D eigenvalue weighted by molar-refractivity contribution is 8.00. The van der Waals surface area contributed by atoms with E-state index < -0.39 is 9.52 Å². The van der Waals surface area contributed by atoms with Crippen LogP contribution in [0.4, 0.5) is 0 Å². The third kappa shape index (κ3) is 4.32. The Morgan fingerprint density at radius 2 is 1.79 bits per heavy atom. The molecule has 112 valence electrons. The maximum Gasteiger partial charge on any atom is 0.145 e. The van der Waals surface area contributed by atoms with Crippen LogP contribution in [0.1, 0.15) is 47.5 Å². The molecule has 0 aromatic heterocycles. The van der Waals surface area contributed by atoms with E-state index in [1.54, 1.807) is 0 Å². The molecule has 0 aliphatic carbocycles. The van der Waals surface area contributed by atoms with Crippen LogP contribution in [0.25, 0.3) is 0 Å². The monoisotopic (exact) mass is 287 g/mol. The Hall–Kier alpha value is -0.350. The predicted molar refractivity (Wildman–Crippen MR) is 84.3 cm³/mol. The number of hydrogen-bond donors (Lipinski definition) is 1. The van der Waals surface area contributed by atoms with Crippen molar-refractivity contribution in [3.63, 3.8) is 0 Å². The van der Waals surface area contributed by atoms with E-state index in [0.29, 0.717) is 42.7 Å². The van der Waals surface area contributed by atoms with Crippen LogP contribution < -0.4 is 5.32 Å². The lowest BCUT2D eigenvalue weighted by atomic mass is 9.68. The van der Waals surface area contributed by atoms with E-state index in [9.17, 15) is 9.00 Å². The van der Waals surface area contributed by atoms with Gasteiger partial charge in [-0.3, -0.25) is 9.00 Å². The molecule has 0 unspecified atom stereocenters. The van der Waals surface area contributed by atoms with Crippen molar-refractivity contribution < 1.29 is 9.00 Å². The van der Waals surface area contributed by atoms with Crippen LogP contribution in [0, 0.1) is 10.8 Å². The normalized spacial score (nSPS) is 32.5. The summed E-state index contributed by atoms with van der Waals surface area (Å²) in [4.78, 5) is 12.8. The number of carbonyl (C=O) groups is 1. The van der Waals surface area contributed by atoms with Gasteiger partial charge in [0, 0.05) is 34.9 Å². The second kappa shape index (κ2) is 5.57. The van der Waals surface area contributed by atoms with Crippen molar-refractivity contribution in [1.29, 1.82) is 0 Å². The zero-order valence-electron chi connectivity index (χ0n) is 13.0. The van der Waals surface area contributed by atoms with Gasteiger partial charge in [-0.1, -0.05) is 34.6 Å². The van der Waals surface area contributed by atoms with Gasteiger partial charge in [-0.2, -0.15) is 0 Å². The zero-order chi connectivity index (χ0) is 14.9. The Morgan fingerprint density at radius 1 is 1.32 bits per heavy atom.